The van der Waals surface area contributed by atoms with Gasteiger partial charge in [0.15, 0.2) is 11.5 Å². The van der Waals surface area contributed by atoms with E-state index in [-0.39, 0.29) is 11.7 Å². The Morgan fingerprint density at radius 3 is 2.59 bits per heavy atom. The van der Waals surface area contributed by atoms with Gasteiger partial charge in [0.05, 0.1) is 0 Å². The number of hydrogen-bond donors (Lipinski definition) is 3. The number of carboxylic acid groups (broad SMARTS) is 1. The maximum atomic E-state index is 13.9. The Labute approximate surface area is 180 Å². The Morgan fingerprint density at radius 2 is 1.88 bits per heavy atom. The topological polar surface area (TPSA) is 96.9 Å². The smallest absolute Gasteiger partial charge is 0.486 e. The summed E-state index contributed by atoms with van der Waals surface area (Å²) in [5.74, 6) is -2.06. The fraction of sp³-hybridized carbons (Fsp3) is 0.333. The molecule has 11 heteroatoms. The second kappa shape index (κ2) is 9.86. The average molecular weight is 456 g/mol. The minimum Gasteiger partial charge on any atom is -0.486 e. The van der Waals surface area contributed by atoms with E-state index in [1.165, 1.54) is 12.1 Å². The molecule has 172 valence electrons. The van der Waals surface area contributed by atoms with Crippen LogP contribution in [0.5, 0.6) is 11.5 Å². The number of carbonyl (C=O) groups excluding carboxylic acids is 1. The van der Waals surface area contributed by atoms with Crippen LogP contribution < -0.4 is 20.1 Å². The summed E-state index contributed by atoms with van der Waals surface area (Å²) in [6.45, 7) is 2.69. The maximum Gasteiger partial charge on any atom is 0.490 e. The summed E-state index contributed by atoms with van der Waals surface area (Å²) in [6.07, 6.45) is -4.37. The quantitative estimate of drug-likeness (QED) is 0.615. The van der Waals surface area contributed by atoms with Gasteiger partial charge in [0.25, 0.3) is 5.91 Å². The normalized spacial score (nSPS) is 14.5. The molecule has 2 aliphatic heterocycles. The molecule has 0 aliphatic carbocycles. The van der Waals surface area contributed by atoms with Crippen LogP contribution in [0.4, 0.5) is 17.6 Å². The molecular formula is C21H20F4N2O5. The molecule has 1 amide bonds. The predicted octanol–water partition coefficient (Wildman–Crippen LogP) is 2.81. The maximum absolute atomic E-state index is 13.9. The molecule has 0 radical (unpaired) electrons. The predicted molar refractivity (Wildman–Crippen MR) is 104 cm³/mol. The molecule has 0 saturated carbocycles. The molecular weight excluding hydrogens is 436 g/mol. The van der Waals surface area contributed by atoms with Crippen LogP contribution in [0.15, 0.2) is 30.3 Å². The molecule has 2 aliphatic rings. The molecule has 32 heavy (non-hydrogen) atoms. The van der Waals surface area contributed by atoms with E-state index in [4.69, 9.17) is 19.4 Å². The highest BCUT2D eigenvalue weighted by atomic mass is 19.4. The molecule has 2 aromatic rings. The van der Waals surface area contributed by atoms with Crippen LogP contribution in [0.25, 0.3) is 0 Å². The number of halogens is 4. The Hall–Kier alpha value is -3.34. The van der Waals surface area contributed by atoms with Crippen LogP contribution in [0.2, 0.25) is 0 Å². The number of amides is 1. The van der Waals surface area contributed by atoms with Crippen molar-refractivity contribution in [2.75, 3.05) is 19.8 Å². The number of fused-ring (bicyclic) bond motifs is 2. The van der Waals surface area contributed by atoms with Crippen molar-refractivity contribution < 1.29 is 41.7 Å². The van der Waals surface area contributed by atoms with Crippen LogP contribution in [-0.2, 0) is 24.3 Å². The highest BCUT2D eigenvalue weighted by Crippen LogP contribution is 2.33. The van der Waals surface area contributed by atoms with E-state index < -0.39 is 12.1 Å². The van der Waals surface area contributed by atoms with Crippen LogP contribution >= 0.6 is 0 Å². The SMILES string of the molecule is O=C(NCc1cccc2c1OCCO2)c1cc(F)cc2c1CCNC2.O=C(O)C(F)(F)F. The van der Waals surface area contributed by atoms with Gasteiger partial charge in [-0.05, 0) is 42.3 Å². The van der Waals surface area contributed by atoms with E-state index in [1.807, 2.05) is 18.2 Å². The first-order valence-corrected chi connectivity index (χ1v) is 9.64. The fourth-order valence-corrected chi connectivity index (χ4v) is 3.33. The van der Waals surface area contributed by atoms with Crippen molar-refractivity contribution in [3.8, 4) is 11.5 Å². The van der Waals surface area contributed by atoms with Crippen molar-refractivity contribution in [2.24, 2.45) is 0 Å². The van der Waals surface area contributed by atoms with Crippen molar-refractivity contribution in [2.45, 2.75) is 25.7 Å². The Morgan fingerprint density at radius 1 is 1.16 bits per heavy atom. The highest BCUT2D eigenvalue weighted by molar-refractivity contribution is 5.96. The van der Waals surface area contributed by atoms with Crippen molar-refractivity contribution >= 4 is 11.9 Å². The average Bonchev–Trinajstić information content (AvgIpc) is 2.76. The molecule has 0 bridgehead atoms. The first kappa shape index (κ1) is 23.3. The van der Waals surface area contributed by atoms with Crippen molar-refractivity contribution in [1.82, 2.24) is 10.6 Å². The Kier molecular flexibility index (Phi) is 7.18. The molecule has 0 aromatic heterocycles. The zero-order valence-electron chi connectivity index (χ0n) is 16.7. The van der Waals surface area contributed by atoms with E-state index >= 15 is 0 Å². The lowest BCUT2D eigenvalue weighted by atomic mass is 9.94. The van der Waals surface area contributed by atoms with Crippen molar-refractivity contribution in [1.29, 1.82) is 0 Å². The summed E-state index contributed by atoms with van der Waals surface area (Å²) >= 11 is 0. The van der Waals surface area contributed by atoms with E-state index in [2.05, 4.69) is 10.6 Å². The third-order valence-corrected chi connectivity index (χ3v) is 4.75. The molecule has 2 aromatic carbocycles. The Balaban J connectivity index is 0.000000360. The van der Waals surface area contributed by atoms with E-state index in [9.17, 15) is 22.4 Å². The lowest BCUT2D eigenvalue weighted by Gasteiger charge is -2.22. The lowest BCUT2D eigenvalue weighted by Crippen LogP contribution is -2.30. The first-order chi connectivity index (χ1) is 15.2. The van der Waals surface area contributed by atoms with Gasteiger partial charge < -0.3 is 25.2 Å². The molecule has 0 saturated heterocycles. The van der Waals surface area contributed by atoms with Gasteiger partial charge in [-0.1, -0.05) is 12.1 Å². The summed E-state index contributed by atoms with van der Waals surface area (Å²) in [7, 11) is 0. The third kappa shape index (κ3) is 5.67. The van der Waals surface area contributed by atoms with Gasteiger partial charge in [0, 0.05) is 24.2 Å². The van der Waals surface area contributed by atoms with Gasteiger partial charge in [-0.15, -0.1) is 0 Å². The minimum atomic E-state index is -5.08. The number of alkyl halides is 3. The van der Waals surface area contributed by atoms with Crippen LogP contribution in [0.3, 0.4) is 0 Å². The number of para-hydroxylation sites is 1. The number of carbonyl (C=O) groups is 2. The fourth-order valence-electron chi connectivity index (χ4n) is 3.33. The van der Waals surface area contributed by atoms with Gasteiger partial charge >= 0.3 is 12.1 Å². The molecule has 0 spiro atoms. The van der Waals surface area contributed by atoms with Crippen LogP contribution in [0.1, 0.15) is 27.0 Å². The number of rotatable bonds is 3. The Bertz CT molecular complexity index is 1010. The van der Waals surface area contributed by atoms with Crippen LogP contribution in [-0.4, -0.2) is 42.9 Å². The molecule has 2 heterocycles. The monoisotopic (exact) mass is 456 g/mol. The third-order valence-electron chi connectivity index (χ3n) is 4.75. The molecule has 0 fully saturated rings. The molecule has 3 N–H and O–H groups in total. The minimum absolute atomic E-state index is 0.271. The number of benzene rings is 2. The van der Waals surface area contributed by atoms with Gasteiger partial charge in [0.1, 0.15) is 19.0 Å². The summed E-state index contributed by atoms with van der Waals surface area (Å²) in [5, 5.41) is 13.2. The van der Waals surface area contributed by atoms with Crippen molar-refractivity contribution in [3.63, 3.8) is 0 Å². The molecule has 0 unspecified atom stereocenters. The number of aliphatic carboxylic acids is 1. The summed E-state index contributed by atoms with van der Waals surface area (Å²) in [6, 6.07) is 8.41. The summed E-state index contributed by atoms with van der Waals surface area (Å²) in [4.78, 5) is 21.5. The van der Waals surface area contributed by atoms with Gasteiger partial charge in [-0.25, -0.2) is 9.18 Å². The van der Waals surface area contributed by atoms with Crippen molar-refractivity contribution in [3.05, 3.63) is 58.4 Å². The molecule has 4 rings (SSSR count). The first-order valence-electron chi connectivity index (χ1n) is 9.64. The summed E-state index contributed by atoms with van der Waals surface area (Å²) < 4.78 is 56.8. The standard InChI is InChI=1S/C19H19FN2O3.C2HF3O2/c20-14-8-13-10-21-5-4-15(13)16(9-14)19(23)22-11-12-2-1-3-17-18(12)25-7-6-24-17;3-2(4,5)1(6)7/h1-3,8-9,21H,4-7,10-11H2,(H,22,23);(H,6,7). The van der Waals surface area contributed by atoms with Gasteiger partial charge in [0.2, 0.25) is 0 Å². The lowest BCUT2D eigenvalue weighted by molar-refractivity contribution is -0.192. The van der Waals surface area contributed by atoms with Gasteiger partial charge in [-0.2, -0.15) is 13.2 Å². The van der Waals surface area contributed by atoms with Gasteiger partial charge in [-0.3, -0.25) is 4.79 Å². The summed E-state index contributed by atoms with van der Waals surface area (Å²) in [5.41, 5.74) is 3.04. The molecule has 0 atom stereocenters. The van der Waals surface area contributed by atoms with E-state index in [0.717, 1.165) is 29.7 Å². The zero-order valence-corrected chi connectivity index (χ0v) is 16.7. The largest absolute Gasteiger partial charge is 0.490 e. The molecule has 7 nitrogen and oxygen atoms in total. The number of carboxylic acids is 1. The second-order valence-corrected chi connectivity index (χ2v) is 6.94. The number of hydrogen-bond acceptors (Lipinski definition) is 5. The van der Waals surface area contributed by atoms with E-state index in [1.54, 1.807) is 0 Å². The second-order valence-electron chi connectivity index (χ2n) is 6.94. The van der Waals surface area contributed by atoms with Crippen LogP contribution in [0, 0.1) is 5.82 Å². The number of nitrogens with one attached hydrogen (secondary N) is 2. The highest BCUT2D eigenvalue weighted by Gasteiger charge is 2.38. The number of ether oxygens (including phenoxy) is 2. The van der Waals surface area contributed by atoms with E-state index in [0.29, 0.717) is 43.4 Å². The zero-order chi connectivity index (χ0) is 23.3.